The molecule has 0 aromatic rings. The standard InChI is InChI=1S/C11H19N/c1-8(2)7-12-11-6-9-3-4-10(11)5-9/h9-12H,1,3-7H2,2H3. The molecule has 1 nitrogen and oxygen atoms in total. The van der Waals surface area contributed by atoms with Crippen LogP contribution in [-0.4, -0.2) is 12.6 Å². The van der Waals surface area contributed by atoms with E-state index in [4.69, 9.17) is 0 Å². The van der Waals surface area contributed by atoms with Gasteiger partial charge >= 0.3 is 0 Å². The third-order valence-electron chi connectivity index (χ3n) is 3.40. The molecule has 0 amide bonds. The Hall–Kier alpha value is -0.300. The van der Waals surface area contributed by atoms with Crippen molar-refractivity contribution in [2.24, 2.45) is 11.8 Å². The molecule has 3 atom stereocenters. The molecule has 2 fully saturated rings. The molecule has 2 saturated carbocycles. The summed E-state index contributed by atoms with van der Waals surface area (Å²) < 4.78 is 0. The van der Waals surface area contributed by atoms with E-state index < -0.39 is 0 Å². The van der Waals surface area contributed by atoms with Crippen LogP contribution in [0, 0.1) is 11.8 Å². The molecule has 0 spiro atoms. The van der Waals surface area contributed by atoms with Crippen molar-refractivity contribution in [3.8, 4) is 0 Å². The van der Waals surface area contributed by atoms with Gasteiger partial charge in [0, 0.05) is 12.6 Å². The van der Waals surface area contributed by atoms with Gasteiger partial charge in [0.15, 0.2) is 0 Å². The van der Waals surface area contributed by atoms with Crippen molar-refractivity contribution in [2.45, 2.75) is 38.6 Å². The quantitative estimate of drug-likeness (QED) is 0.633. The minimum Gasteiger partial charge on any atom is -0.310 e. The lowest BCUT2D eigenvalue weighted by Gasteiger charge is -2.22. The molecule has 0 aliphatic heterocycles. The Morgan fingerprint density at radius 1 is 1.42 bits per heavy atom. The minimum absolute atomic E-state index is 0.820. The SMILES string of the molecule is C=C(C)CNC1CC2CCC1C2. The predicted molar refractivity (Wildman–Crippen MR) is 52.1 cm³/mol. The van der Waals surface area contributed by atoms with E-state index in [-0.39, 0.29) is 0 Å². The van der Waals surface area contributed by atoms with Gasteiger partial charge in [-0.2, -0.15) is 0 Å². The Bertz CT molecular complexity index is 185. The number of hydrogen-bond donors (Lipinski definition) is 1. The van der Waals surface area contributed by atoms with E-state index in [9.17, 15) is 0 Å². The van der Waals surface area contributed by atoms with Crippen molar-refractivity contribution in [2.75, 3.05) is 6.54 Å². The Balaban J connectivity index is 1.79. The second-order valence-corrected chi connectivity index (χ2v) is 4.62. The lowest BCUT2D eigenvalue weighted by Crippen LogP contribution is -2.34. The van der Waals surface area contributed by atoms with Crippen LogP contribution in [0.3, 0.4) is 0 Å². The van der Waals surface area contributed by atoms with Gasteiger partial charge in [-0.3, -0.25) is 0 Å². The molecule has 0 heterocycles. The first-order valence-electron chi connectivity index (χ1n) is 5.13. The smallest absolute Gasteiger partial charge is 0.0161 e. The van der Waals surface area contributed by atoms with E-state index in [0.29, 0.717) is 0 Å². The third kappa shape index (κ3) is 1.56. The Morgan fingerprint density at radius 3 is 2.75 bits per heavy atom. The highest BCUT2D eigenvalue weighted by Gasteiger charge is 2.38. The molecule has 1 N–H and O–H groups in total. The van der Waals surface area contributed by atoms with Gasteiger partial charge in [0.2, 0.25) is 0 Å². The molecular weight excluding hydrogens is 146 g/mol. The zero-order valence-electron chi connectivity index (χ0n) is 7.97. The van der Waals surface area contributed by atoms with E-state index in [2.05, 4.69) is 18.8 Å². The van der Waals surface area contributed by atoms with Crippen LogP contribution in [0.2, 0.25) is 0 Å². The summed E-state index contributed by atoms with van der Waals surface area (Å²) in [7, 11) is 0. The van der Waals surface area contributed by atoms with Crippen LogP contribution in [-0.2, 0) is 0 Å². The van der Waals surface area contributed by atoms with Gasteiger partial charge < -0.3 is 5.32 Å². The lowest BCUT2D eigenvalue weighted by atomic mass is 9.95. The first-order chi connectivity index (χ1) is 5.75. The summed E-state index contributed by atoms with van der Waals surface area (Å²) in [5, 5.41) is 3.61. The van der Waals surface area contributed by atoms with Crippen molar-refractivity contribution in [3.63, 3.8) is 0 Å². The fraction of sp³-hybridized carbons (Fsp3) is 0.818. The van der Waals surface area contributed by atoms with Crippen LogP contribution < -0.4 is 5.32 Å². The van der Waals surface area contributed by atoms with Crippen molar-refractivity contribution < 1.29 is 0 Å². The Morgan fingerprint density at radius 2 is 2.25 bits per heavy atom. The Labute approximate surface area is 75.2 Å². The summed E-state index contributed by atoms with van der Waals surface area (Å²) in [6, 6.07) is 0.820. The summed E-state index contributed by atoms with van der Waals surface area (Å²) in [5.74, 6) is 2.05. The predicted octanol–water partition coefficient (Wildman–Crippen LogP) is 2.34. The first-order valence-corrected chi connectivity index (χ1v) is 5.13. The number of fused-ring (bicyclic) bond motifs is 2. The van der Waals surface area contributed by atoms with Crippen LogP contribution in [0.5, 0.6) is 0 Å². The fourth-order valence-corrected chi connectivity index (χ4v) is 2.80. The number of nitrogens with one attached hydrogen (secondary N) is 1. The highest BCUT2D eigenvalue weighted by molar-refractivity contribution is 4.98. The summed E-state index contributed by atoms with van der Waals surface area (Å²) in [5.41, 5.74) is 1.26. The third-order valence-corrected chi connectivity index (χ3v) is 3.40. The number of rotatable bonds is 3. The fourth-order valence-electron chi connectivity index (χ4n) is 2.80. The molecule has 2 rings (SSSR count). The van der Waals surface area contributed by atoms with E-state index in [0.717, 1.165) is 24.4 Å². The molecule has 12 heavy (non-hydrogen) atoms. The Kier molecular flexibility index (Phi) is 2.22. The zero-order chi connectivity index (χ0) is 8.55. The summed E-state index contributed by atoms with van der Waals surface area (Å²) in [6.07, 6.45) is 5.89. The van der Waals surface area contributed by atoms with Gasteiger partial charge in [0.25, 0.3) is 0 Å². The lowest BCUT2D eigenvalue weighted by molar-refractivity contribution is 0.361. The summed E-state index contributed by atoms with van der Waals surface area (Å²) in [6.45, 7) is 7.03. The van der Waals surface area contributed by atoms with Gasteiger partial charge in [-0.1, -0.05) is 18.6 Å². The van der Waals surface area contributed by atoms with Crippen molar-refractivity contribution in [3.05, 3.63) is 12.2 Å². The molecule has 1 heteroatoms. The topological polar surface area (TPSA) is 12.0 Å². The largest absolute Gasteiger partial charge is 0.310 e. The van der Waals surface area contributed by atoms with Crippen LogP contribution >= 0.6 is 0 Å². The van der Waals surface area contributed by atoms with Crippen LogP contribution in [0.4, 0.5) is 0 Å². The molecular formula is C11H19N. The van der Waals surface area contributed by atoms with Crippen LogP contribution in [0.1, 0.15) is 32.6 Å². The molecule has 0 aromatic carbocycles. The number of hydrogen-bond acceptors (Lipinski definition) is 1. The average molecular weight is 165 g/mol. The van der Waals surface area contributed by atoms with Gasteiger partial charge in [-0.05, 0) is 38.0 Å². The molecule has 3 unspecified atom stereocenters. The first kappa shape index (κ1) is 8.31. The molecule has 2 aliphatic carbocycles. The molecule has 2 bridgehead atoms. The highest BCUT2D eigenvalue weighted by Crippen LogP contribution is 2.44. The van der Waals surface area contributed by atoms with E-state index in [1.165, 1.54) is 31.3 Å². The minimum atomic E-state index is 0.820. The second kappa shape index (κ2) is 3.21. The van der Waals surface area contributed by atoms with E-state index >= 15 is 0 Å². The molecule has 68 valence electrons. The maximum atomic E-state index is 3.92. The van der Waals surface area contributed by atoms with Gasteiger partial charge in [-0.15, -0.1) is 0 Å². The molecule has 0 saturated heterocycles. The monoisotopic (exact) mass is 165 g/mol. The summed E-state index contributed by atoms with van der Waals surface area (Å²) >= 11 is 0. The molecule has 2 aliphatic rings. The van der Waals surface area contributed by atoms with Crippen molar-refractivity contribution in [1.29, 1.82) is 0 Å². The normalized spacial score (nSPS) is 38.9. The average Bonchev–Trinajstić information content (AvgIpc) is 2.60. The van der Waals surface area contributed by atoms with E-state index in [1.54, 1.807) is 0 Å². The maximum Gasteiger partial charge on any atom is 0.0161 e. The van der Waals surface area contributed by atoms with Crippen molar-refractivity contribution in [1.82, 2.24) is 5.32 Å². The van der Waals surface area contributed by atoms with Crippen LogP contribution in [0.15, 0.2) is 12.2 Å². The zero-order valence-corrected chi connectivity index (χ0v) is 7.97. The van der Waals surface area contributed by atoms with Crippen molar-refractivity contribution >= 4 is 0 Å². The molecule has 0 aromatic heterocycles. The van der Waals surface area contributed by atoms with Gasteiger partial charge in [-0.25, -0.2) is 0 Å². The van der Waals surface area contributed by atoms with E-state index in [1.807, 2.05) is 0 Å². The van der Waals surface area contributed by atoms with Gasteiger partial charge in [0.1, 0.15) is 0 Å². The second-order valence-electron chi connectivity index (χ2n) is 4.62. The van der Waals surface area contributed by atoms with Gasteiger partial charge in [0.05, 0.1) is 0 Å². The maximum absolute atomic E-state index is 3.92. The summed E-state index contributed by atoms with van der Waals surface area (Å²) in [4.78, 5) is 0. The van der Waals surface area contributed by atoms with Crippen LogP contribution in [0.25, 0.3) is 0 Å². The molecule has 0 radical (unpaired) electrons. The highest BCUT2D eigenvalue weighted by atomic mass is 14.9.